The molecule has 1 aromatic carbocycles. The first-order valence-corrected chi connectivity index (χ1v) is 13.3. The van der Waals surface area contributed by atoms with Gasteiger partial charge in [-0.3, -0.25) is 13.3 Å². The Morgan fingerprint density at radius 2 is 2.08 bits per heavy atom. The number of nitrogen functional groups attached to an aromatic ring is 1. The Morgan fingerprint density at radius 1 is 1.36 bits per heavy atom. The number of nitrogens with two attached hydrogens (primary N) is 1. The van der Waals surface area contributed by atoms with E-state index >= 15 is 0 Å². The molecule has 0 radical (unpaired) electrons. The Bertz CT molecular complexity index is 1430. The normalized spacial score (nSPS) is 17.4. The van der Waals surface area contributed by atoms with Gasteiger partial charge in [-0.05, 0) is 29.5 Å². The predicted molar refractivity (Wildman–Crippen MR) is 139 cm³/mol. The zero-order valence-electron chi connectivity index (χ0n) is 21.0. The maximum absolute atomic E-state index is 14.1. The van der Waals surface area contributed by atoms with Crippen LogP contribution in [-0.4, -0.2) is 75.3 Å². The average Bonchev–Trinajstić information content (AvgIpc) is 3.49. The molecule has 1 saturated heterocycles. The number of rotatable bonds is 8. The van der Waals surface area contributed by atoms with Crippen LogP contribution in [-0.2, 0) is 38.2 Å². The van der Waals surface area contributed by atoms with E-state index < -0.39 is 53.4 Å². The highest BCUT2D eigenvalue weighted by Crippen LogP contribution is 2.38. The summed E-state index contributed by atoms with van der Waals surface area (Å²) in [5, 5.41) is 1.15. The number of pyridine rings is 1. The first-order chi connectivity index (χ1) is 18.3. The minimum Gasteiger partial charge on any atom is -0.755 e. The van der Waals surface area contributed by atoms with Crippen molar-refractivity contribution in [2.24, 2.45) is 0 Å². The number of halogens is 3. The molecule has 2 aromatic heterocycles. The maximum Gasteiger partial charge on any atom is 0.416 e. The molecule has 16 heteroatoms. The summed E-state index contributed by atoms with van der Waals surface area (Å²) in [6.07, 6.45) is -2.66. The van der Waals surface area contributed by atoms with E-state index in [4.69, 9.17) is 10.5 Å². The molecule has 1 unspecified atom stereocenters. The zero-order valence-corrected chi connectivity index (χ0v) is 22.6. The molecule has 3 aromatic rings. The number of anilines is 3. The molecule has 1 aliphatic rings. The fraction of sp³-hybridized carbons (Fsp3) is 0.391. The Kier molecular flexibility index (Phi) is 7.99. The number of benzene rings is 1. The molecule has 0 saturated carbocycles. The van der Waals surface area contributed by atoms with Crippen molar-refractivity contribution >= 4 is 61.2 Å². The van der Waals surface area contributed by atoms with Gasteiger partial charge in [0.05, 0.1) is 18.9 Å². The molecule has 1 aliphatic heterocycles. The predicted octanol–water partition coefficient (Wildman–Crippen LogP) is 2.34. The maximum atomic E-state index is 14.1. The van der Waals surface area contributed by atoms with Gasteiger partial charge in [-0.15, -0.1) is 0 Å². The SMILES string of the molecule is COC(=O)[C@@H](Cc1cc2ccnc(N)c2cc1C(F)(F)F)N1CC[C@H](N(c2cnc(N(C)C)s2)S(=O)[O-])C1=O. The van der Waals surface area contributed by atoms with Gasteiger partial charge in [-0.2, -0.15) is 13.2 Å². The number of likely N-dealkylation sites (tertiary alicyclic amines) is 1. The van der Waals surface area contributed by atoms with Crippen molar-refractivity contribution < 1.29 is 36.3 Å². The summed E-state index contributed by atoms with van der Waals surface area (Å²) >= 11 is -1.83. The molecule has 4 rings (SSSR count). The minimum absolute atomic E-state index is 0.00154. The second-order valence-electron chi connectivity index (χ2n) is 8.92. The lowest BCUT2D eigenvalue weighted by Gasteiger charge is -2.31. The number of carbonyl (C=O) groups excluding carboxylic acids is 2. The van der Waals surface area contributed by atoms with Crippen molar-refractivity contribution in [2.75, 3.05) is 42.7 Å². The third-order valence-corrected chi connectivity index (χ3v) is 8.38. The van der Waals surface area contributed by atoms with Crippen LogP contribution >= 0.6 is 11.3 Å². The number of hydrogen-bond acceptors (Lipinski definition) is 10. The van der Waals surface area contributed by atoms with E-state index in [1.54, 1.807) is 19.0 Å². The summed E-state index contributed by atoms with van der Waals surface area (Å²) in [4.78, 5) is 37.0. The van der Waals surface area contributed by atoms with Crippen LogP contribution in [0.25, 0.3) is 10.8 Å². The molecule has 0 bridgehead atoms. The van der Waals surface area contributed by atoms with Crippen LogP contribution in [0, 0.1) is 0 Å². The fourth-order valence-corrected chi connectivity index (χ4v) is 6.19. The highest BCUT2D eigenvalue weighted by molar-refractivity contribution is 7.81. The summed E-state index contributed by atoms with van der Waals surface area (Å²) < 4.78 is 72.2. The fourth-order valence-electron chi connectivity index (χ4n) is 4.50. The van der Waals surface area contributed by atoms with E-state index in [0.29, 0.717) is 10.5 Å². The quantitative estimate of drug-likeness (QED) is 0.311. The Balaban J connectivity index is 1.70. The van der Waals surface area contributed by atoms with Gasteiger partial charge >= 0.3 is 12.1 Å². The van der Waals surface area contributed by atoms with Gasteiger partial charge in [0, 0.05) is 49.9 Å². The summed E-state index contributed by atoms with van der Waals surface area (Å²) in [6, 6.07) is 0.951. The number of ether oxygens (including phenoxy) is 1. The minimum atomic E-state index is -4.80. The number of methoxy groups -OCH3 is 1. The van der Waals surface area contributed by atoms with E-state index in [1.165, 1.54) is 24.5 Å². The number of amides is 1. The van der Waals surface area contributed by atoms with Crippen LogP contribution in [0.4, 0.5) is 29.1 Å². The molecule has 11 nitrogen and oxygen atoms in total. The number of carbonyl (C=O) groups is 2. The smallest absolute Gasteiger partial charge is 0.416 e. The van der Waals surface area contributed by atoms with E-state index in [-0.39, 0.29) is 34.7 Å². The second kappa shape index (κ2) is 10.9. The number of nitrogens with zero attached hydrogens (tertiary/aromatic N) is 5. The lowest BCUT2D eigenvalue weighted by atomic mass is 9.95. The topological polar surface area (TPSA) is 145 Å². The molecule has 2 N–H and O–H groups in total. The third kappa shape index (κ3) is 5.62. The summed E-state index contributed by atoms with van der Waals surface area (Å²) in [5.74, 6) is -1.76. The number of esters is 1. The van der Waals surface area contributed by atoms with E-state index in [1.807, 2.05) is 0 Å². The Morgan fingerprint density at radius 3 is 2.67 bits per heavy atom. The number of alkyl halides is 3. The highest BCUT2D eigenvalue weighted by atomic mass is 32.2. The Hall–Kier alpha value is -3.50. The molecular formula is C23H24F3N6O5S2-. The lowest BCUT2D eigenvalue weighted by molar-refractivity contribution is -0.151. The van der Waals surface area contributed by atoms with Crippen molar-refractivity contribution in [2.45, 2.75) is 31.1 Å². The van der Waals surface area contributed by atoms with Gasteiger partial charge in [0.15, 0.2) is 5.13 Å². The van der Waals surface area contributed by atoms with Crippen molar-refractivity contribution in [1.29, 1.82) is 0 Å². The molecular weight excluding hydrogens is 561 g/mol. The van der Waals surface area contributed by atoms with Crippen molar-refractivity contribution in [1.82, 2.24) is 14.9 Å². The van der Waals surface area contributed by atoms with Crippen LogP contribution < -0.4 is 14.9 Å². The molecule has 1 amide bonds. The summed E-state index contributed by atoms with van der Waals surface area (Å²) in [7, 11) is 4.50. The van der Waals surface area contributed by atoms with Crippen molar-refractivity contribution in [3.8, 4) is 0 Å². The number of aromatic nitrogens is 2. The van der Waals surface area contributed by atoms with E-state index in [9.17, 15) is 31.5 Å². The molecule has 1 fully saturated rings. The van der Waals surface area contributed by atoms with E-state index in [0.717, 1.165) is 33.7 Å². The molecule has 3 atom stereocenters. The molecule has 39 heavy (non-hydrogen) atoms. The first-order valence-electron chi connectivity index (χ1n) is 11.5. The molecule has 0 spiro atoms. The van der Waals surface area contributed by atoms with Crippen LogP contribution in [0.3, 0.4) is 0 Å². The van der Waals surface area contributed by atoms with Crippen molar-refractivity contribution in [3.63, 3.8) is 0 Å². The van der Waals surface area contributed by atoms with Gasteiger partial charge < -0.3 is 24.8 Å². The van der Waals surface area contributed by atoms with Crippen LogP contribution in [0.1, 0.15) is 17.5 Å². The van der Waals surface area contributed by atoms with Gasteiger partial charge in [0.2, 0.25) is 5.91 Å². The van der Waals surface area contributed by atoms with E-state index in [2.05, 4.69) is 9.97 Å². The summed E-state index contributed by atoms with van der Waals surface area (Å²) in [5.41, 5.74) is 4.49. The first kappa shape index (κ1) is 28.5. The molecule has 3 heterocycles. The monoisotopic (exact) mass is 585 g/mol. The van der Waals surface area contributed by atoms with Gasteiger partial charge in [0.25, 0.3) is 0 Å². The van der Waals surface area contributed by atoms with Gasteiger partial charge in [0.1, 0.15) is 22.9 Å². The summed E-state index contributed by atoms with van der Waals surface area (Å²) in [6.45, 7) is -0.0812. The number of hydrogen-bond donors (Lipinski definition) is 1. The zero-order chi connectivity index (χ0) is 28.6. The average molecular weight is 586 g/mol. The molecule has 210 valence electrons. The largest absolute Gasteiger partial charge is 0.755 e. The Labute approximate surface area is 227 Å². The highest BCUT2D eigenvalue weighted by Gasteiger charge is 2.44. The number of fused-ring (bicyclic) bond motifs is 1. The van der Waals surface area contributed by atoms with Gasteiger partial charge in [-0.1, -0.05) is 17.4 Å². The second-order valence-corrected chi connectivity index (χ2v) is 10.7. The third-order valence-electron chi connectivity index (χ3n) is 6.32. The molecule has 0 aliphatic carbocycles. The van der Waals surface area contributed by atoms with Crippen LogP contribution in [0.5, 0.6) is 0 Å². The van der Waals surface area contributed by atoms with Crippen molar-refractivity contribution in [3.05, 3.63) is 41.7 Å². The standard InChI is InChI=1S/C23H25F3N6O5S2/c1-30(2)22-29-11-18(38-22)32(39(35)36)16-5-7-31(20(16)33)17(21(34)37-3)9-13-8-12-4-6-28-19(27)14(12)10-15(13)23(24,25)26/h4,6,8,10-11,16-17H,5,7,9H2,1-3H3,(H2,27,28)(H,35,36)/p-1/t16-,17+/m0/s1. The lowest BCUT2D eigenvalue weighted by Crippen LogP contribution is -2.49. The van der Waals surface area contributed by atoms with Crippen LogP contribution in [0.2, 0.25) is 0 Å². The number of thiazole rings is 1. The van der Waals surface area contributed by atoms with Crippen LogP contribution in [0.15, 0.2) is 30.6 Å². The van der Waals surface area contributed by atoms with Gasteiger partial charge in [-0.25, -0.2) is 14.8 Å².